The molecule has 0 atom stereocenters. The number of hydrogen-bond acceptors (Lipinski definition) is 7. The van der Waals surface area contributed by atoms with Crippen LogP contribution in [-0.2, 0) is 22.7 Å². The largest absolute Gasteiger partial charge is 0.493 e. The molecule has 1 heterocycles. The van der Waals surface area contributed by atoms with Crippen LogP contribution in [0.5, 0.6) is 5.75 Å². The number of hydrogen-bond donors (Lipinski definition) is 1. The van der Waals surface area contributed by atoms with E-state index in [4.69, 9.17) is 10.5 Å². The highest BCUT2D eigenvalue weighted by Gasteiger charge is 2.25. The molecule has 0 aromatic heterocycles. The fourth-order valence-corrected chi connectivity index (χ4v) is 4.63. The Labute approximate surface area is 236 Å². The summed E-state index contributed by atoms with van der Waals surface area (Å²) in [4.78, 5) is 37.5. The lowest BCUT2D eigenvalue weighted by Gasteiger charge is -2.31. The van der Waals surface area contributed by atoms with Crippen molar-refractivity contribution in [1.82, 2.24) is 9.80 Å². The van der Waals surface area contributed by atoms with Gasteiger partial charge in [-0.2, -0.15) is 0 Å². The molecule has 9 nitrogen and oxygen atoms in total. The van der Waals surface area contributed by atoms with Gasteiger partial charge in [-0.15, -0.1) is 0 Å². The van der Waals surface area contributed by atoms with Crippen molar-refractivity contribution >= 4 is 34.8 Å². The number of nitrogens with zero attached hydrogens (tertiary/aromatic N) is 5. The molecule has 0 bridgehead atoms. The van der Waals surface area contributed by atoms with Crippen molar-refractivity contribution in [2.45, 2.75) is 25.9 Å². The highest BCUT2D eigenvalue weighted by Crippen LogP contribution is 2.33. The van der Waals surface area contributed by atoms with Crippen molar-refractivity contribution in [2.75, 3.05) is 51.1 Å². The molecule has 1 aliphatic rings. The third kappa shape index (κ3) is 6.91. The summed E-state index contributed by atoms with van der Waals surface area (Å²) >= 11 is 0. The number of guanidine groups is 1. The van der Waals surface area contributed by atoms with Crippen molar-refractivity contribution < 1.29 is 14.3 Å². The first-order valence-corrected chi connectivity index (χ1v) is 13.4. The number of rotatable bonds is 11. The van der Waals surface area contributed by atoms with Gasteiger partial charge in [0.05, 0.1) is 30.2 Å². The van der Waals surface area contributed by atoms with Crippen LogP contribution in [0.25, 0.3) is 0 Å². The van der Waals surface area contributed by atoms with Crippen LogP contribution in [-0.4, -0.2) is 68.9 Å². The van der Waals surface area contributed by atoms with Gasteiger partial charge < -0.3 is 30.1 Å². The van der Waals surface area contributed by atoms with E-state index in [9.17, 15) is 9.59 Å². The topological polar surface area (TPSA) is 94.7 Å². The van der Waals surface area contributed by atoms with Gasteiger partial charge in [-0.3, -0.25) is 9.59 Å². The quantitative estimate of drug-likeness (QED) is 0.368. The lowest BCUT2D eigenvalue weighted by Crippen LogP contribution is -2.45. The van der Waals surface area contributed by atoms with E-state index in [0.717, 1.165) is 28.2 Å². The predicted octanol–water partition coefficient (Wildman–Crippen LogP) is 4.00. The first-order chi connectivity index (χ1) is 19.2. The number of carbonyl (C=O) groups is 2. The molecule has 4 rings (SSSR count). The van der Waals surface area contributed by atoms with E-state index in [-0.39, 0.29) is 18.4 Å². The van der Waals surface area contributed by atoms with Gasteiger partial charge in [0.15, 0.2) is 5.96 Å². The molecular weight excluding hydrogens is 504 g/mol. The zero-order chi connectivity index (χ0) is 28.6. The van der Waals surface area contributed by atoms with Crippen LogP contribution in [0.1, 0.15) is 24.0 Å². The van der Waals surface area contributed by atoms with Crippen LogP contribution in [0.2, 0.25) is 0 Å². The zero-order valence-electron chi connectivity index (χ0n) is 23.7. The smallest absolute Gasteiger partial charge is 0.246 e. The molecule has 0 fully saturated rings. The molecule has 0 saturated heterocycles. The van der Waals surface area contributed by atoms with E-state index < -0.39 is 0 Å². The van der Waals surface area contributed by atoms with Crippen LogP contribution < -0.4 is 20.3 Å². The Morgan fingerprint density at radius 1 is 0.900 bits per heavy atom. The second kappa shape index (κ2) is 13.0. The van der Waals surface area contributed by atoms with Gasteiger partial charge >= 0.3 is 0 Å². The maximum atomic E-state index is 13.3. The number of fused-ring (bicyclic) bond motifs is 1. The molecule has 0 radical (unpaired) electrons. The number of amides is 2. The molecular formula is C31H38N6O3. The number of para-hydroxylation sites is 2. The van der Waals surface area contributed by atoms with E-state index in [1.54, 1.807) is 21.7 Å². The summed E-state index contributed by atoms with van der Waals surface area (Å²) in [6.45, 7) is 1.44. The van der Waals surface area contributed by atoms with Gasteiger partial charge in [-0.05, 0) is 36.2 Å². The van der Waals surface area contributed by atoms with Crippen molar-refractivity contribution in [3.8, 4) is 5.75 Å². The molecule has 3 aromatic carbocycles. The minimum atomic E-state index is -0.104. The Bertz CT molecular complexity index is 1360. The number of ether oxygens (including phenoxy) is 1. The third-order valence-electron chi connectivity index (χ3n) is 6.92. The van der Waals surface area contributed by atoms with E-state index in [2.05, 4.69) is 4.99 Å². The Hall–Kier alpha value is -4.53. The second-order valence-corrected chi connectivity index (χ2v) is 10.1. The normalized spacial score (nSPS) is 12.3. The minimum Gasteiger partial charge on any atom is -0.493 e. The van der Waals surface area contributed by atoms with Gasteiger partial charge in [0, 0.05) is 46.7 Å². The summed E-state index contributed by atoms with van der Waals surface area (Å²) in [6, 6.07) is 23.3. The minimum absolute atomic E-state index is 0.0730. The lowest BCUT2D eigenvalue weighted by molar-refractivity contribution is -0.130. The summed E-state index contributed by atoms with van der Waals surface area (Å²) in [5, 5.41) is 0. The second-order valence-electron chi connectivity index (χ2n) is 10.1. The Morgan fingerprint density at radius 3 is 2.33 bits per heavy atom. The zero-order valence-corrected chi connectivity index (χ0v) is 23.7. The number of nitrogens with two attached hydrogens (primary N) is 1. The van der Waals surface area contributed by atoms with Gasteiger partial charge in [-0.25, -0.2) is 4.99 Å². The van der Waals surface area contributed by atoms with Crippen molar-refractivity contribution in [1.29, 1.82) is 0 Å². The lowest BCUT2D eigenvalue weighted by atomic mass is 10.1. The fraction of sp³-hybridized carbons (Fsp3) is 0.323. The number of anilines is 2. The maximum absolute atomic E-state index is 13.3. The number of likely N-dealkylation sites (N-methyl/N-ethyl adjacent to an activating group) is 1. The molecule has 210 valence electrons. The Morgan fingerprint density at radius 2 is 1.60 bits per heavy atom. The monoisotopic (exact) mass is 542 g/mol. The average molecular weight is 543 g/mol. The van der Waals surface area contributed by atoms with Gasteiger partial charge in [0.2, 0.25) is 11.8 Å². The summed E-state index contributed by atoms with van der Waals surface area (Å²) in [5.41, 5.74) is 10.7. The SMILES string of the molecule is CN(Cc1ccccc1)C(=O)CCCOc1cccc2c1CN(CC(=O)N(C)c1ccccc1N(C)C)C(N)=N2. The third-order valence-corrected chi connectivity index (χ3v) is 6.92. The summed E-state index contributed by atoms with van der Waals surface area (Å²) in [5.74, 6) is 0.943. The van der Waals surface area contributed by atoms with Crippen LogP contribution in [0, 0.1) is 0 Å². The summed E-state index contributed by atoms with van der Waals surface area (Å²) in [7, 11) is 7.48. The highest BCUT2D eigenvalue weighted by atomic mass is 16.5. The molecule has 0 saturated carbocycles. The molecule has 0 unspecified atom stereocenters. The number of benzene rings is 3. The molecule has 9 heteroatoms. The van der Waals surface area contributed by atoms with Crippen LogP contribution in [0.4, 0.5) is 17.1 Å². The van der Waals surface area contributed by atoms with E-state index in [1.807, 2.05) is 98.8 Å². The Balaban J connectivity index is 1.34. The first-order valence-electron chi connectivity index (χ1n) is 13.4. The number of aliphatic imine (C=N–C) groups is 1. The molecule has 2 amide bonds. The van der Waals surface area contributed by atoms with Gasteiger partial charge in [0.1, 0.15) is 12.3 Å². The molecule has 40 heavy (non-hydrogen) atoms. The average Bonchev–Trinajstić information content (AvgIpc) is 2.95. The molecule has 0 aliphatic carbocycles. The number of carbonyl (C=O) groups excluding carboxylic acids is 2. The maximum Gasteiger partial charge on any atom is 0.246 e. The van der Waals surface area contributed by atoms with Crippen molar-refractivity contribution in [2.24, 2.45) is 10.7 Å². The standard InChI is InChI=1S/C31H38N6O3/c1-34(2)26-15-8-9-16-27(26)36(4)30(39)22-37-21-24-25(33-31(37)32)14-10-17-28(24)40-19-11-18-29(38)35(3)20-23-12-6-5-7-13-23/h5-10,12-17H,11,18-22H2,1-4H3,(H2,32,33). The van der Waals surface area contributed by atoms with E-state index >= 15 is 0 Å². The van der Waals surface area contributed by atoms with Crippen molar-refractivity contribution in [3.63, 3.8) is 0 Å². The van der Waals surface area contributed by atoms with E-state index in [0.29, 0.717) is 44.2 Å². The molecule has 2 N–H and O–H groups in total. The van der Waals surface area contributed by atoms with Gasteiger partial charge in [0.25, 0.3) is 0 Å². The van der Waals surface area contributed by atoms with Crippen LogP contribution >= 0.6 is 0 Å². The summed E-state index contributed by atoms with van der Waals surface area (Å²) in [6.07, 6.45) is 0.982. The summed E-state index contributed by atoms with van der Waals surface area (Å²) < 4.78 is 6.09. The Kier molecular flexibility index (Phi) is 9.27. The predicted molar refractivity (Wildman–Crippen MR) is 160 cm³/mol. The molecule has 1 aliphatic heterocycles. The fourth-order valence-electron chi connectivity index (χ4n) is 4.63. The van der Waals surface area contributed by atoms with E-state index in [1.165, 1.54) is 0 Å². The van der Waals surface area contributed by atoms with Crippen LogP contribution in [0.3, 0.4) is 0 Å². The molecule has 0 spiro atoms. The first kappa shape index (κ1) is 28.5. The van der Waals surface area contributed by atoms with Crippen molar-refractivity contribution in [3.05, 3.63) is 83.9 Å². The van der Waals surface area contributed by atoms with Crippen LogP contribution in [0.15, 0.2) is 77.8 Å². The van der Waals surface area contributed by atoms with Gasteiger partial charge in [-0.1, -0.05) is 48.5 Å². The molecule has 3 aromatic rings. The highest BCUT2D eigenvalue weighted by molar-refractivity contribution is 5.99.